The molecule has 0 bridgehead atoms. The average molecular weight is 262 g/mol. The number of thiocarbonyl (C=S) groups is 1. The van der Waals surface area contributed by atoms with Gasteiger partial charge in [-0.05, 0) is 43.5 Å². The molecule has 1 aromatic carbocycles. The largest absolute Gasteiger partial charge is 0.358 e. The van der Waals surface area contributed by atoms with E-state index in [-0.39, 0.29) is 0 Å². The van der Waals surface area contributed by atoms with Gasteiger partial charge in [-0.3, -0.25) is 0 Å². The fraction of sp³-hybridized carbons (Fsp3) is 0.533. The first-order chi connectivity index (χ1) is 8.81. The van der Waals surface area contributed by atoms with E-state index >= 15 is 0 Å². The zero-order valence-corrected chi connectivity index (χ0v) is 11.9. The normalized spacial score (nSPS) is 19.6. The molecule has 3 heteroatoms. The summed E-state index contributed by atoms with van der Waals surface area (Å²) in [6, 6.07) is 11.1. The molecule has 1 aliphatic rings. The molecule has 1 aromatic rings. The Labute approximate surface area is 115 Å². The van der Waals surface area contributed by atoms with Crippen LogP contribution in [-0.4, -0.2) is 22.6 Å². The highest BCUT2D eigenvalue weighted by molar-refractivity contribution is 7.80. The van der Waals surface area contributed by atoms with Crippen LogP contribution >= 0.6 is 12.2 Å². The third-order valence-corrected chi connectivity index (χ3v) is 4.02. The van der Waals surface area contributed by atoms with Gasteiger partial charge in [0.2, 0.25) is 0 Å². The topological polar surface area (TPSA) is 15.3 Å². The Hall–Kier alpha value is -1.09. The summed E-state index contributed by atoms with van der Waals surface area (Å²) in [5.74, 6) is 0. The Morgan fingerprint density at radius 3 is 2.83 bits per heavy atom. The second kappa shape index (κ2) is 6.74. The molecule has 1 saturated heterocycles. The minimum Gasteiger partial charge on any atom is -0.358 e. The molecule has 0 spiro atoms. The van der Waals surface area contributed by atoms with Gasteiger partial charge < -0.3 is 10.2 Å². The summed E-state index contributed by atoms with van der Waals surface area (Å²) in [5, 5.41) is 4.31. The van der Waals surface area contributed by atoms with E-state index in [1.54, 1.807) is 0 Å². The monoisotopic (exact) mass is 262 g/mol. The predicted molar refractivity (Wildman–Crippen MR) is 80.5 cm³/mol. The van der Waals surface area contributed by atoms with Gasteiger partial charge in [-0.25, -0.2) is 0 Å². The van der Waals surface area contributed by atoms with Crippen molar-refractivity contribution in [1.82, 2.24) is 10.2 Å². The molecular weight excluding hydrogens is 240 g/mol. The van der Waals surface area contributed by atoms with Gasteiger partial charge in [0.05, 0.1) is 0 Å². The second-order valence-electron chi connectivity index (χ2n) is 4.90. The number of hydrogen-bond acceptors (Lipinski definition) is 1. The first-order valence-electron chi connectivity index (χ1n) is 6.89. The van der Waals surface area contributed by atoms with Crippen molar-refractivity contribution in [3.63, 3.8) is 0 Å². The van der Waals surface area contributed by atoms with Crippen molar-refractivity contribution in [3.05, 3.63) is 35.9 Å². The van der Waals surface area contributed by atoms with Crippen molar-refractivity contribution in [2.75, 3.05) is 6.54 Å². The van der Waals surface area contributed by atoms with Gasteiger partial charge >= 0.3 is 0 Å². The second-order valence-corrected chi connectivity index (χ2v) is 5.28. The van der Waals surface area contributed by atoms with E-state index < -0.39 is 0 Å². The molecule has 0 radical (unpaired) electrons. The Morgan fingerprint density at radius 2 is 2.11 bits per heavy atom. The van der Waals surface area contributed by atoms with E-state index in [0.717, 1.165) is 18.2 Å². The fourth-order valence-corrected chi connectivity index (χ4v) is 2.88. The molecular formula is C15H22N2S. The lowest BCUT2D eigenvalue weighted by Crippen LogP contribution is -2.48. The van der Waals surface area contributed by atoms with Crippen molar-refractivity contribution in [1.29, 1.82) is 0 Å². The predicted octanol–water partition coefficient (Wildman–Crippen LogP) is 3.33. The van der Waals surface area contributed by atoms with Crippen molar-refractivity contribution in [2.24, 2.45) is 0 Å². The maximum Gasteiger partial charge on any atom is 0.169 e. The van der Waals surface area contributed by atoms with Gasteiger partial charge in [0.25, 0.3) is 0 Å². The average Bonchev–Trinajstić information content (AvgIpc) is 2.45. The summed E-state index contributed by atoms with van der Waals surface area (Å²) < 4.78 is 0. The molecule has 2 rings (SSSR count). The molecule has 2 nitrogen and oxygen atoms in total. The molecule has 0 amide bonds. The summed E-state index contributed by atoms with van der Waals surface area (Å²) in [4.78, 5) is 2.38. The summed E-state index contributed by atoms with van der Waals surface area (Å²) in [7, 11) is 0. The zero-order chi connectivity index (χ0) is 12.8. The van der Waals surface area contributed by atoms with Crippen LogP contribution in [0, 0.1) is 0 Å². The van der Waals surface area contributed by atoms with Crippen LogP contribution in [0.5, 0.6) is 0 Å². The Balaban J connectivity index is 1.87. The standard InChI is InChI=1S/C15H22N2S/c1-2-14-10-6-7-11-17(14)15(18)16-12-13-8-4-3-5-9-13/h3-5,8-9,14H,2,6-7,10-12H2,1H3,(H,16,18)/t14-/m0/s1. The maximum absolute atomic E-state index is 5.53. The van der Waals surface area contributed by atoms with Crippen molar-refractivity contribution >= 4 is 17.3 Å². The molecule has 0 aromatic heterocycles. The summed E-state index contributed by atoms with van der Waals surface area (Å²) in [5.41, 5.74) is 1.28. The first-order valence-corrected chi connectivity index (χ1v) is 7.30. The van der Waals surface area contributed by atoms with Crippen molar-refractivity contribution in [3.8, 4) is 0 Å². The molecule has 18 heavy (non-hydrogen) atoms. The highest BCUT2D eigenvalue weighted by atomic mass is 32.1. The van der Waals surface area contributed by atoms with Gasteiger partial charge in [0.1, 0.15) is 0 Å². The lowest BCUT2D eigenvalue weighted by molar-refractivity contribution is 0.233. The van der Waals surface area contributed by atoms with E-state index in [9.17, 15) is 0 Å². The zero-order valence-electron chi connectivity index (χ0n) is 11.1. The molecule has 1 fully saturated rings. The van der Waals surface area contributed by atoms with Crippen LogP contribution in [0.2, 0.25) is 0 Å². The third kappa shape index (κ3) is 3.45. The number of rotatable bonds is 3. The van der Waals surface area contributed by atoms with Crippen LogP contribution in [0.15, 0.2) is 30.3 Å². The van der Waals surface area contributed by atoms with Gasteiger partial charge in [-0.1, -0.05) is 37.3 Å². The molecule has 98 valence electrons. The van der Waals surface area contributed by atoms with Crippen LogP contribution in [0.4, 0.5) is 0 Å². The maximum atomic E-state index is 5.53. The molecule has 1 N–H and O–H groups in total. The Bertz CT molecular complexity index is 377. The van der Waals surface area contributed by atoms with Crippen LogP contribution in [0.25, 0.3) is 0 Å². The number of benzene rings is 1. The van der Waals surface area contributed by atoms with Gasteiger partial charge in [0.15, 0.2) is 5.11 Å². The SMILES string of the molecule is CC[C@H]1CCCCN1C(=S)NCc1ccccc1. The first kappa shape index (κ1) is 13.3. The van der Waals surface area contributed by atoms with E-state index in [2.05, 4.69) is 41.4 Å². The van der Waals surface area contributed by atoms with E-state index in [1.807, 2.05) is 6.07 Å². The van der Waals surface area contributed by atoms with Gasteiger partial charge in [-0.15, -0.1) is 0 Å². The van der Waals surface area contributed by atoms with Crippen LogP contribution in [-0.2, 0) is 6.54 Å². The number of likely N-dealkylation sites (tertiary alicyclic amines) is 1. The van der Waals surface area contributed by atoms with Crippen molar-refractivity contribution < 1.29 is 0 Å². The van der Waals surface area contributed by atoms with Crippen LogP contribution in [0.3, 0.4) is 0 Å². The summed E-state index contributed by atoms with van der Waals surface area (Å²) >= 11 is 5.53. The highest BCUT2D eigenvalue weighted by Crippen LogP contribution is 2.19. The number of nitrogens with zero attached hydrogens (tertiary/aromatic N) is 1. The van der Waals surface area contributed by atoms with Gasteiger partial charge in [-0.2, -0.15) is 0 Å². The van der Waals surface area contributed by atoms with Crippen molar-refractivity contribution in [2.45, 2.75) is 45.2 Å². The minimum atomic E-state index is 0.634. The lowest BCUT2D eigenvalue weighted by Gasteiger charge is -2.37. The Kier molecular flexibility index (Phi) is 5.00. The molecule has 0 saturated carbocycles. The van der Waals surface area contributed by atoms with E-state index in [1.165, 1.54) is 31.2 Å². The highest BCUT2D eigenvalue weighted by Gasteiger charge is 2.22. The number of piperidine rings is 1. The van der Waals surface area contributed by atoms with Gasteiger partial charge in [0, 0.05) is 19.1 Å². The third-order valence-electron chi connectivity index (χ3n) is 3.65. The quantitative estimate of drug-likeness (QED) is 0.841. The molecule has 1 atom stereocenters. The van der Waals surface area contributed by atoms with E-state index in [4.69, 9.17) is 12.2 Å². The number of nitrogens with one attached hydrogen (secondary N) is 1. The molecule has 0 unspecified atom stereocenters. The van der Waals surface area contributed by atoms with E-state index in [0.29, 0.717) is 6.04 Å². The minimum absolute atomic E-state index is 0.634. The fourth-order valence-electron chi connectivity index (χ4n) is 2.57. The summed E-state index contributed by atoms with van der Waals surface area (Å²) in [6.07, 6.45) is 5.08. The molecule has 1 heterocycles. The molecule has 1 aliphatic heterocycles. The lowest BCUT2D eigenvalue weighted by atomic mass is 10.0. The Morgan fingerprint density at radius 1 is 1.33 bits per heavy atom. The summed E-state index contributed by atoms with van der Waals surface area (Å²) in [6.45, 7) is 4.19. The van der Waals surface area contributed by atoms with Crippen LogP contribution in [0.1, 0.15) is 38.2 Å². The molecule has 0 aliphatic carbocycles. The van der Waals surface area contributed by atoms with Crippen LogP contribution < -0.4 is 5.32 Å². The smallest absolute Gasteiger partial charge is 0.169 e. The number of hydrogen-bond donors (Lipinski definition) is 1.